The number of amides is 1. The number of H-pyrrole nitrogens is 1. The van der Waals surface area contributed by atoms with E-state index < -0.39 is 0 Å². The molecular formula is C15H19N5O2. The Kier molecular flexibility index (Phi) is 4.43. The largest absolute Gasteiger partial charge is 0.381 e. The van der Waals surface area contributed by atoms with Gasteiger partial charge in [0.1, 0.15) is 5.69 Å². The molecule has 0 aliphatic heterocycles. The van der Waals surface area contributed by atoms with Crippen LogP contribution in [-0.2, 0) is 4.74 Å². The van der Waals surface area contributed by atoms with Crippen molar-refractivity contribution in [2.75, 3.05) is 7.11 Å². The van der Waals surface area contributed by atoms with E-state index in [1.807, 2.05) is 0 Å². The van der Waals surface area contributed by atoms with Gasteiger partial charge in [-0.3, -0.25) is 14.9 Å². The molecule has 0 radical (unpaired) electrons. The molecule has 2 N–H and O–H groups in total. The fourth-order valence-electron chi connectivity index (χ4n) is 2.71. The van der Waals surface area contributed by atoms with Crippen molar-refractivity contribution < 1.29 is 9.53 Å². The van der Waals surface area contributed by atoms with E-state index in [-0.39, 0.29) is 11.9 Å². The summed E-state index contributed by atoms with van der Waals surface area (Å²) < 4.78 is 5.34. The number of ether oxygens (including phenoxy) is 1. The number of carbonyl (C=O) groups excluding carboxylic acids is 1. The van der Waals surface area contributed by atoms with Crippen molar-refractivity contribution in [2.45, 2.75) is 37.8 Å². The predicted molar refractivity (Wildman–Crippen MR) is 80.1 cm³/mol. The van der Waals surface area contributed by atoms with Crippen molar-refractivity contribution in [3.63, 3.8) is 0 Å². The Balaban J connectivity index is 1.64. The number of aromatic nitrogens is 4. The summed E-state index contributed by atoms with van der Waals surface area (Å²) in [4.78, 5) is 20.8. The molecule has 0 bridgehead atoms. The maximum absolute atomic E-state index is 12.3. The van der Waals surface area contributed by atoms with Crippen LogP contribution in [0.5, 0.6) is 0 Å². The molecule has 3 rings (SSSR count). The zero-order valence-corrected chi connectivity index (χ0v) is 12.5. The van der Waals surface area contributed by atoms with Crippen molar-refractivity contribution in [1.82, 2.24) is 25.5 Å². The Bertz CT molecular complexity index is 621. The van der Waals surface area contributed by atoms with E-state index in [1.54, 1.807) is 25.7 Å². The van der Waals surface area contributed by atoms with Crippen molar-refractivity contribution in [1.29, 1.82) is 0 Å². The normalized spacial score (nSPS) is 21.5. The summed E-state index contributed by atoms with van der Waals surface area (Å²) in [6, 6.07) is 0.179. The van der Waals surface area contributed by atoms with Gasteiger partial charge in [0, 0.05) is 24.9 Å². The highest BCUT2D eigenvalue weighted by atomic mass is 16.5. The molecular weight excluding hydrogens is 282 g/mol. The van der Waals surface area contributed by atoms with Crippen LogP contribution in [0.4, 0.5) is 0 Å². The second kappa shape index (κ2) is 6.65. The minimum atomic E-state index is -0.182. The Morgan fingerprint density at radius 2 is 2.09 bits per heavy atom. The average Bonchev–Trinajstić information content (AvgIpc) is 3.10. The van der Waals surface area contributed by atoms with Crippen LogP contribution in [0.15, 0.2) is 24.8 Å². The van der Waals surface area contributed by atoms with Crippen LogP contribution in [0.2, 0.25) is 0 Å². The van der Waals surface area contributed by atoms with Gasteiger partial charge in [0.15, 0.2) is 0 Å². The number of hydrogen-bond acceptors (Lipinski definition) is 5. The third-order valence-corrected chi connectivity index (χ3v) is 4.00. The lowest BCUT2D eigenvalue weighted by Gasteiger charge is -2.28. The van der Waals surface area contributed by atoms with Gasteiger partial charge in [-0.2, -0.15) is 5.10 Å². The van der Waals surface area contributed by atoms with Crippen LogP contribution in [-0.4, -0.2) is 45.3 Å². The van der Waals surface area contributed by atoms with Crippen LogP contribution in [0, 0.1) is 0 Å². The molecule has 1 saturated carbocycles. The van der Waals surface area contributed by atoms with E-state index in [9.17, 15) is 4.79 Å². The first-order chi connectivity index (χ1) is 10.8. The predicted octanol–water partition coefficient (Wildman–Crippen LogP) is 1.55. The van der Waals surface area contributed by atoms with E-state index in [2.05, 4.69) is 25.5 Å². The van der Waals surface area contributed by atoms with E-state index in [1.165, 1.54) is 6.20 Å². The van der Waals surface area contributed by atoms with E-state index in [4.69, 9.17) is 4.74 Å². The van der Waals surface area contributed by atoms with E-state index >= 15 is 0 Å². The van der Waals surface area contributed by atoms with Crippen LogP contribution in [0.25, 0.3) is 11.3 Å². The second-order valence-corrected chi connectivity index (χ2v) is 5.46. The zero-order chi connectivity index (χ0) is 15.4. The first-order valence-corrected chi connectivity index (χ1v) is 7.41. The number of rotatable bonds is 4. The summed E-state index contributed by atoms with van der Waals surface area (Å²) in [5.74, 6) is -0.182. The molecule has 1 aliphatic carbocycles. The highest BCUT2D eigenvalue weighted by molar-refractivity contribution is 5.92. The third kappa shape index (κ3) is 3.30. The number of nitrogens with one attached hydrogen (secondary N) is 2. The molecule has 0 atom stereocenters. The Morgan fingerprint density at radius 1 is 1.27 bits per heavy atom. The average molecular weight is 301 g/mol. The molecule has 7 nitrogen and oxygen atoms in total. The number of aromatic amines is 1. The van der Waals surface area contributed by atoms with Gasteiger partial charge in [0.05, 0.1) is 30.4 Å². The lowest BCUT2D eigenvalue weighted by molar-refractivity contribution is 0.0598. The molecule has 2 aromatic rings. The van der Waals surface area contributed by atoms with Crippen molar-refractivity contribution >= 4 is 5.91 Å². The Morgan fingerprint density at radius 3 is 2.77 bits per heavy atom. The van der Waals surface area contributed by atoms with Gasteiger partial charge in [0.2, 0.25) is 0 Å². The molecule has 22 heavy (non-hydrogen) atoms. The fraction of sp³-hybridized carbons (Fsp3) is 0.467. The number of nitrogens with zero attached hydrogens (tertiary/aromatic N) is 3. The highest BCUT2D eigenvalue weighted by Gasteiger charge is 2.23. The molecule has 1 amide bonds. The molecule has 1 fully saturated rings. The second-order valence-electron chi connectivity index (χ2n) is 5.46. The maximum Gasteiger partial charge on any atom is 0.271 e. The first kappa shape index (κ1) is 14.6. The Hall–Kier alpha value is -2.28. The highest BCUT2D eigenvalue weighted by Crippen LogP contribution is 2.21. The minimum Gasteiger partial charge on any atom is -0.381 e. The molecule has 116 valence electrons. The zero-order valence-electron chi connectivity index (χ0n) is 12.5. The van der Waals surface area contributed by atoms with Crippen LogP contribution < -0.4 is 5.32 Å². The topological polar surface area (TPSA) is 92.8 Å². The van der Waals surface area contributed by atoms with Crippen molar-refractivity contribution in [3.8, 4) is 11.3 Å². The molecule has 2 heterocycles. The quantitative estimate of drug-likeness (QED) is 0.894. The van der Waals surface area contributed by atoms with E-state index in [0.29, 0.717) is 17.5 Å². The van der Waals surface area contributed by atoms with Gasteiger partial charge >= 0.3 is 0 Å². The smallest absolute Gasteiger partial charge is 0.271 e. The SMILES string of the molecule is COC1CCC(NC(=O)c2cncc(-c3cn[nH]c3)n2)CC1. The summed E-state index contributed by atoms with van der Waals surface area (Å²) in [5.41, 5.74) is 1.76. The molecule has 0 spiro atoms. The van der Waals surface area contributed by atoms with Gasteiger partial charge in [0.25, 0.3) is 5.91 Å². The molecule has 0 unspecified atom stereocenters. The molecule has 1 aliphatic rings. The standard InChI is InChI=1S/C15H19N5O2/c1-22-12-4-2-11(3-5-12)19-15(21)14-9-16-8-13(20-14)10-6-17-18-7-10/h6-9,11-12H,2-5H2,1H3,(H,17,18)(H,19,21). The van der Waals surface area contributed by atoms with Gasteiger partial charge in [-0.1, -0.05) is 0 Å². The molecule has 2 aromatic heterocycles. The number of carbonyl (C=O) groups is 1. The summed E-state index contributed by atoms with van der Waals surface area (Å²) >= 11 is 0. The van der Waals surface area contributed by atoms with Gasteiger partial charge in [-0.15, -0.1) is 0 Å². The number of hydrogen-bond donors (Lipinski definition) is 2. The third-order valence-electron chi connectivity index (χ3n) is 4.00. The van der Waals surface area contributed by atoms with Gasteiger partial charge in [-0.25, -0.2) is 4.98 Å². The van der Waals surface area contributed by atoms with Gasteiger partial charge < -0.3 is 10.1 Å². The maximum atomic E-state index is 12.3. The monoisotopic (exact) mass is 301 g/mol. The Labute approximate surface area is 128 Å². The summed E-state index contributed by atoms with van der Waals surface area (Å²) in [6.07, 6.45) is 10.6. The molecule has 7 heteroatoms. The van der Waals surface area contributed by atoms with Crippen molar-refractivity contribution in [3.05, 3.63) is 30.5 Å². The van der Waals surface area contributed by atoms with Crippen LogP contribution >= 0.6 is 0 Å². The lowest BCUT2D eigenvalue weighted by atomic mass is 9.93. The number of methoxy groups -OCH3 is 1. The lowest BCUT2D eigenvalue weighted by Crippen LogP contribution is -2.39. The van der Waals surface area contributed by atoms with Crippen molar-refractivity contribution in [2.24, 2.45) is 0 Å². The molecule has 0 aromatic carbocycles. The van der Waals surface area contributed by atoms with Crippen LogP contribution in [0.1, 0.15) is 36.2 Å². The van der Waals surface area contributed by atoms with Crippen LogP contribution in [0.3, 0.4) is 0 Å². The summed E-state index contributed by atoms with van der Waals surface area (Å²) in [6.45, 7) is 0. The first-order valence-electron chi connectivity index (χ1n) is 7.41. The molecule has 0 saturated heterocycles. The minimum absolute atomic E-state index is 0.179. The van der Waals surface area contributed by atoms with Gasteiger partial charge in [-0.05, 0) is 25.7 Å². The fourth-order valence-corrected chi connectivity index (χ4v) is 2.71. The summed E-state index contributed by atoms with van der Waals surface area (Å²) in [5, 5.41) is 9.63. The summed E-state index contributed by atoms with van der Waals surface area (Å²) in [7, 11) is 1.74. The van der Waals surface area contributed by atoms with E-state index in [0.717, 1.165) is 31.2 Å².